The summed E-state index contributed by atoms with van der Waals surface area (Å²) in [4.78, 5) is 0. The first-order valence-electron chi connectivity index (χ1n) is 8.15. The molecule has 0 spiro atoms. The molecule has 3 atom stereocenters. The van der Waals surface area contributed by atoms with Gasteiger partial charge in [0.1, 0.15) is 0 Å². The molecule has 1 rings (SSSR count). The van der Waals surface area contributed by atoms with E-state index in [1.165, 1.54) is 51.4 Å². The van der Waals surface area contributed by atoms with Crippen molar-refractivity contribution >= 4 is 0 Å². The molecule has 0 aromatic carbocycles. The maximum Gasteiger partial charge on any atom is 0.0577 e. The monoisotopic (exact) mass is 255 g/mol. The van der Waals surface area contributed by atoms with Gasteiger partial charge < -0.3 is 10.1 Å². The Morgan fingerprint density at radius 2 is 2.06 bits per heavy atom. The molecule has 0 bridgehead atoms. The lowest BCUT2D eigenvalue weighted by Crippen LogP contribution is -2.28. The Hall–Kier alpha value is -0.0800. The van der Waals surface area contributed by atoms with Gasteiger partial charge in [-0.1, -0.05) is 40.0 Å². The molecule has 0 aromatic rings. The second kappa shape index (κ2) is 9.80. The van der Waals surface area contributed by atoms with Gasteiger partial charge in [-0.2, -0.15) is 0 Å². The van der Waals surface area contributed by atoms with E-state index in [1.54, 1.807) is 0 Å². The normalized spacial score (nSPS) is 26.2. The van der Waals surface area contributed by atoms with E-state index in [4.69, 9.17) is 4.74 Å². The number of rotatable bonds is 9. The van der Waals surface area contributed by atoms with Gasteiger partial charge in [-0.05, 0) is 44.6 Å². The summed E-state index contributed by atoms with van der Waals surface area (Å²) in [7, 11) is 0. The highest BCUT2D eigenvalue weighted by Gasteiger charge is 2.20. The van der Waals surface area contributed by atoms with Crippen molar-refractivity contribution in [3.05, 3.63) is 0 Å². The van der Waals surface area contributed by atoms with Crippen LogP contribution in [0.3, 0.4) is 0 Å². The molecule has 2 nitrogen and oxygen atoms in total. The summed E-state index contributed by atoms with van der Waals surface area (Å²) >= 11 is 0. The minimum Gasteiger partial charge on any atom is -0.378 e. The summed E-state index contributed by atoms with van der Waals surface area (Å²) in [6.07, 6.45) is 11.0. The van der Waals surface area contributed by atoms with Crippen molar-refractivity contribution in [2.45, 2.75) is 84.3 Å². The molecule has 0 saturated heterocycles. The van der Waals surface area contributed by atoms with Gasteiger partial charge in [0.25, 0.3) is 0 Å². The number of hydrogen-bond donors (Lipinski definition) is 1. The lowest BCUT2D eigenvalue weighted by atomic mass is 9.85. The van der Waals surface area contributed by atoms with E-state index in [9.17, 15) is 0 Å². The molecule has 0 radical (unpaired) electrons. The zero-order valence-corrected chi connectivity index (χ0v) is 12.7. The number of nitrogens with one attached hydrogen (secondary N) is 1. The van der Waals surface area contributed by atoms with Crippen molar-refractivity contribution in [1.29, 1.82) is 0 Å². The lowest BCUT2D eigenvalue weighted by Gasteiger charge is -2.28. The molecule has 0 aromatic heterocycles. The molecule has 1 saturated carbocycles. The van der Waals surface area contributed by atoms with E-state index in [0.717, 1.165) is 19.1 Å². The quantitative estimate of drug-likeness (QED) is 0.625. The summed E-state index contributed by atoms with van der Waals surface area (Å²) < 4.78 is 6.06. The summed E-state index contributed by atoms with van der Waals surface area (Å²) in [5, 5.41) is 3.53. The average molecular weight is 255 g/mol. The highest BCUT2D eigenvalue weighted by atomic mass is 16.5. The fraction of sp³-hybridized carbons (Fsp3) is 1.00. The van der Waals surface area contributed by atoms with E-state index in [0.29, 0.717) is 12.1 Å². The molecule has 1 aliphatic carbocycles. The Bertz CT molecular complexity index is 196. The highest BCUT2D eigenvalue weighted by Crippen LogP contribution is 2.28. The lowest BCUT2D eigenvalue weighted by molar-refractivity contribution is 0.0100. The first-order chi connectivity index (χ1) is 8.80. The van der Waals surface area contributed by atoms with Gasteiger partial charge in [-0.25, -0.2) is 0 Å². The molecule has 1 fully saturated rings. The molecule has 0 amide bonds. The molecule has 0 heterocycles. The highest BCUT2D eigenvalue weighted by molar-refractivity contribution is 4.72. The predicted molar refractivity (Wildman–Crippen MR) is 79.0 cm³/mol. The molecule has 1 aliphatic rings. The minimum absolute atomic E-state index is 0.558. The molecule has 1 N–H and O–H groups in total. The van der Waals surface area contributed by atoms with Gasteiger partial charge in [0.15, 0.2) is 0 Å². The molecule has 108 valence electrons. The first-order valence-corrected chi connectivity index (χ1v) is 8.15. The van der Waals surface area contributed by atoms with Crippen molar-refractivity contribution in [2.24, 2.45) is 5.92 Å². The second-order valence-electron chi connectivity index (χ2n) is 5.74. The van der Waals surface area contributed by atoms with Crippen LogP contribution in [-0.2, 0) is 4.74 Å². The van der Waals surface area contributed by atoms with Gasteiger partial charge in [-0.3, -0.25) is 0 Å². The van der Waals surface area contributed by atoms with Crippen LogP contribution in [-0.4, -0.2) is 25.3 Å². The third-order valence-electron chi connectivity index (χ3n) is 4.35. The summed E-state index contributed by atoms with van der Waals surface area (Å²) in [5.41, 5.74) is 0. The van der Waals surface area contributed by atoms with Crippen LogP contribution in [0.1, 0.15) is 72.1 Å². The average Bonchev–Trinajstić information content (AvgIpc) is 2.42. The van der Waals surface area contributed by atoms with Crippen LogP contribution in [0.15, 0.2) is 0 Å². The molecular formula is C16H33NO. The molecule has 0 aliphatic heterocycles. The van der Waals surface area contributed by atoms with Gasteiger partial charge in [0.2, 0.25) is 0 Å². The maximum atomic E-state index is 6.06. The van der Waals surface area contributed by atoms with Crippen LogP contribution in [0.2, 0.25) is 0 Å². The number of ether oxygens (including phenoxy) is 1. The van der Waals surface area contributed by atoms with Crippen LogP contribution >= 0.6 is 0 Å². The Morgan fingerprint density at radius 3 is 2.72 bits per heavy atom. The Kier molecular flexibility index (Phi) is 8.70. The Morgan fingerprint density at radius 1 is 1.22 bits per heavy atom. The molecule has 3 unspecified atom stereocenters. The van der Waals surface area contributed by atoms with Crippen molar-refractivity contribution in [1.82, 2.24) is 5.32 Å². The largest absolute Gasteiger partial charge is 0.378 e. The van der Waals surface area contributed by atoms with Crippen molar-refractivity contribution in [3.63, 3.8) is 0 Å². The van der Waals surface area contributed by atoms with E-state index in [1.807, 2.05) is 0 Å². The smallest absolute Gasteiger partial charge is 0.0577 e. The zero-order valence-electron chi connectivity index (χ0n) is 12.7. The second-order valence-corrected chi connectivity index (χ2v) is 5.74. The van der Waals surface area contributed by atoms with Crippen molar-refractivity contribution in [2.75, 3.05) is 13.2 Å². The molecule has 18 heavy (non-hydrogen) atoms. The fourth-order valence-electron chi connectivity index (χ4n) is 3.08. The number of hydrogen-bond acceptors (Lipinski definition) is 2. The van der Waals surface area contributed by atoms with Gasteiger partial charge in [0.05, 0.1) is 6.10 Å². The Labute approximate surface area is 114 Å². The first kappa shape index (κ1) is 16.0. The van der Waals surface area contributed by atoms with Crippen LogP contribution < -0.4 is 5.32 Å². The molecule has 2 heteroatoms. The van der Waals surface area contributed by atoms with Gasteiger partial charge in [-0.15, -0.1) is 0 Å². The summed E-state index contributed by atoms with van der Waals surface area (Å²) in [6.45, 7) is 8.81. The summed E-state index contributed by atoms with van der Waals surface area (Å²) in [5.74, 6) is 0.925. The van der Waals surface area contributed by atoms with E-state index < -0.39 is 0 Å². The van der Waals surface area contributed by atoms with Crippen LogP contribution in [0.5, 0.6) is 0 Å². The Balaban J connectivity index is 2.06. The van der Waals surface area contributed by atoms with Crippen LogP contribution in [0, 0.1) is 5.92 Å². The predicted octanol–water partition coefficient (Wildman–Crippen LogP) is 4.14. The SMILES string of the molecule is CCNC(CC)CCCOC1CCCC(CC)C1. The van der Waals surface area contributed by atoms with Crippen LogP contribution in [0.25, 0.3) is 0 Å². The summed E-state index contributed by atoms with van der Waals surface area (Å²) in [6, 6.07) is 0.688. The maximum absolute atomic E-state index is 6.06. The zero-order chi connectivity index (χ0) is 13.2. The third-order valence-corrected chi connectivity index (χ3v) is 4.35. The van der Waals surface area contributed by atoms with E-state index in [2.05, 4.69) is 26.1 Å². The van der Waals surface area contributed by atoms with Crippen molar-refractivity contribution < 1.29 is 4.74 Å². The van der Waals surface area contributed by atoms with Crippen LogP contribution in [0.4, 0.5) is 0 Å². The van der Waals surface area contributed by atoms with Gasteiger partial charge >= 0.3 is 0 Å². The topological polar surface area (TPSA) is 21.3 Å². The molecular weight excluding hydrogens is 222 g/mol. The van der Waals surface area contributed by atoms with Gasteiger partial charge in [0, 0.05) is 12.6 Å². The third kappa shape index (κ3) is 6.19. The van der Waals surface area contributed by atoms with Crippen molar-refractivity contribution in [3.8, 4) is 0 Å². The fourth-order valence-corrected chi connectivity index (χ4v) is 3.08. The van der Waals surface area contributed by atoms with E-state index >= 15 is 0 Å². The standard InChI is InChI=1S/C16H33NO/c1-4-14-9-7-11-16(13-14)18-12-8-10-15(5-2)17-6-3/h14-17H,4-13H2,1-3H3. The minimum atomic E-state index is 0.558. The van der Waals surface area contributed by atoms with E-state index in [-0.39, 0.29) is 0 Å².